The highest BCUT2D eigenvalue weighted by Crippen LogP contribution is 2.29. The second-order valence-corrected chi connectivity index (χ2v) is 5.69. The van der Waals surface area contributed by atoms with Crippen LogP contribution in [0.25, 0.3) is 0 Å². The Hall–Kier alpha value is -3.04. The molecule has 1 N–H and O–H groups in total. The smallest absolute Gasteiger partial charge is 0.416 e. The van der Waals surface area contributed by atoms with Gasteiger partial charge in [-0.3, -0.25) is 4.79 Å². The summed E-state index contributed by atoms with van der Waals surface area (Å²) in [5.41, 5.74) is -1.79. The van der Waals surface area contributed by atoms with Gasteiger partial charge in [0.25, 0.3) is 5.91 Å². The molecule has 0 spiro atoms. The molecule has 4 nitrogen and oxygen atoms in total. The second-order valence-electron chi connectivity index (χ2n) is 5.69. The number of alkyl halides is 3. The maximum atomic E-state index is 13.7. The molecule has 0 aliphatic rings. The Balaban J connectivity index is 2.23. The summed E-state index contributed by atoms with van der Waals surface area (Å²) in [5.74, 6) is -6.53. The predicted octanol–water partition coefficient (Wildman–Crippen LogP) is 3.64. The SMILES string of the molecule is COC(=O)[C@@H](Cc1ccc(C(F)(F)F)cc1)NC(=O)c1c(F)cc(F)cc1F. The summed E-state index contributed by atoms with van der Waals surface area (Å²) in [7, 11) is 0.993. The number of esters is 1. The van der Waals surface area contributed by atoms with Gasteiger partial charge in [0.1, 0.15) is 29.1 Å². The van der Waals surface area contributed by atoms with E-state index >= 15 is 0 Å². The molecule has 2 aromatic carbocycles. The molecule has 2 rings (SSSR count). The number of methoxy groups -OCH3 is 1. The fourth-order valence-corrected chi connectivity index (χ4v) is 2.39. The van der Waals surface area contributed by atoms with Gasteiger partial charge in [-0.05, 0) is 17.7 Å². The number of hydrogen-bond donors (Lipinski definition) is 1. The summed E-state index contributed by atoms with van der Waals surface area (Å²) in [6, 6.07) is 2.88. The van der Waals surface area contributed by atoms with Gasteiger partial charge >= 0.3 is 12.1 Å². The van der Waals surface area contributed by atoms with Gasteiger partial charge in [-0.2, -0.15) is 13.2 Å². The van der Waals surface area contributed by atoms with Crippen LogP contribution in [0.2, 0.25) is 0 Å². The Morgan fingerprint density at radius 3 is 2.04 bits per heavy atom. The Labute approximate surface area is 155 Å². The number of ether oxygens (including phenoxy) is 1. The number of carbonyl (C=O) groups is 2. The van der Waals surface area contributed by atoms with E-state index in [0.29, 0.717) is 12.1 Å². The van der Waals surface area contributed by atoms with Crippen molar-refractivity contribution in [2.24, 2.45) is 0 Å². The molecule has 10 heteroatoms. The Bertz CT molecular complexity index is 857. The summed E-state index contributed by atoms with van der Waals surface area (Å²) in [4.78, 5) is 24.0. The third kappa shape index (κ3) is 5.02. The zero-order chi connectivity index (χ0) is 21.1. The van der Waals surface area contributed by atoms with Crippen LogP contribution in [0.3, 0.4) is 0 Å². The Kier molecular flexibility index (Phi) is 6.32. The van der Waals surface area contributed by atoms with Crippen molar-refractivity contribution in [3.63, 3.8) is 0 Å². The highest BCUT2D eigenvalue weighted by atomic mass is 19.4. The number of nitrogens with one attached hydrogen (secondary N) is 1. The van der Waals surface area contributed by atoms with Gasteiger partial charge in [0.2, 0.25) is 0 Å². The van der Waals surface area contributed by atoms with Crippen molar-refractivity contribution in [1.82, 2.24) is 5.32 Å². The molecule has 1 amide bonds. The van der Waals surface area contributed by atoms with Crippen LogP contribution >= 0.6 is 0 Å². The van der Waals surface area contributed by atoms with Crippen molar-refractivity contribution < 1.29 is 40.7 Å². The number of benzene rings is 2. The van der Waals surface area contributed by atoms with Gasteiger partial charge in [-0.15, -0.1) is 0 Å². The van der Waals surface area contributed by atoms with E-state index in [-0.39, 0.29) is 12.0 Å². The average Bonchev–Trinajstić information content (AvgIpc) is 2.59. The van der Waals surface area contributed by atoms with E-state index in [2.05, 4.69) is 4.74 Å². The van der Waals surface area contributed by atoms with E-state index in [4.69, 9.17) is 0 Å². The maximum Gasteiger partial charge on any atom is 0.416 e. The first-order valence-corrected chi connectivity index (χ1v) is 7.72. The zero-order valence-electron chi connectivity index (χ0n) is 14.2. The van der Waals surface area contributed by atoms with Gasteiger partial charge in [-0.25, -0.2) is 18.0 Å². The average molecular weight is 405 g/mol. The minimum absolute atomic E-state index is 0.226. The van der Waals surface area contributed by atoms with E-state index in [0.717, 1.165) is 31.4 Å². The van der Waals surface area contributed by atoms with Crippen molar-refractivity contribution in [2.45, 2.75) is 18.6 Å². The Morgan fingerprint density at radius 1 is 1.04 bits per heavy atom. The molecule has 0 heterocycles. The van der Waals surface area contributed by atoms with E-state index < -0.39 is 52.7 Å². The summed E-state index contributed by atoms with van der Waals surface area (Å²) >= 11 is 0. The molecule has 28 heavy (non-hydrogen) atoms. The van der Waals surface area contributed by atoms with E-state index in [9.17, 15) is 35.9 Å². The van der Waals surface area contributed by atoms with Gasteiger partial charge in [-0.1, -0.05) is 12.1 Å². The number of carbonyl (C=O) groups excluding carboxylic acids is 2. The third-order valence-electron chi connectivity index (χ3n) is 3.75. The number of halogens is 6. The lowest BCUT2D eigenvalue weighted by Gasteiger charge is -2.17. The van der Waals surface area contributed by atoms with E-state index in [1.165, 1.54) is 0 Å². The lowest BCUT2D eigenvalue weighted by atomic mass is 10.0. The van der Waals surface area contributed by atoms with Crippen LogP contribution in [0.15, 0.2) is 36.4 Å². The Morgan fingerprint density at radius 2 is 1.57 bits per heavy atom. The van der Waals surface area contributed by atoms with Gasteiger partial charge < -0.3 is 10.1 Å². The van der Waals surface area contributed by atoms with E-state index in [1.54, 1.807) is 0 Å². The molecule has 2 aromatic rings. The van der Waals surface area contributed by atoms with Crippen LogP contribution in [-0.2, 0) is 22.1 Å². The van der Waals surface area contributed by atoms with Crippen LogP contribution in [0, 0.1) is 17.5 Å². The molecule has 0 aliphatic heterocycles. The molecule has 0 radical (unpaired) electrons. The molecule has 0 bridgehead atoms. The lowest BCUT2D eigenvalue weighted by Crippen LogP contribution is -2.43. The normalized spacial score (nSPS) is 12.4. The monoisotopic (exact) mass is 405 g/mol. The minimum atomic E-state index is -4.55. The minimum Gasteiger partial charge on any atom is -0.467 e. The highest BCUT2D eigenvalue weighted by Gasteiger charge is 2.31. The molecule has 150 valence electrons. The van der Waals surface area contributed by atoms with Crippen molar-refractivity contribution >= 4 is 11.9 Å². The standard InChI is InChI=1S/C18H13F6NO3/c1-28-17(27)14(6-9-2-4-10(5-3-9)18(22,23)24)25-16(26)15-12(20)7-11(19)8-13(15)21/h2-5,7-8,14H,6H2,1H3,(H,25,26)/t14-/m1/s1. The van der Waals surface area contributed by atoms with Crippen LogP contribution < -0.4 is 5.32 Å². The molecule has 0 aromatic heterocycles. The predicted molar refractivity (Wildman–Crippen MR) is 84.7 cm³/mol. The fourth-order valence-electron chi connectivity index (χ4n) is 2.39. The topological polar surface area (TPSA) is 55.4 Å². The summed E-state index contributed by atoms with van der Waals surface area (Å²) in [6.45, 7) is 0. The molecule has 0 saturated carbocycles. The van der Waals surface area contributed by atoms with Crippen molar-refractivity contribution in [1.29, 1.82) is 0 Å². The molecule has 0 unspecified atom stereocenters. The number of hydrogen-bond acceptors (Lipinski definition) is 3. The van der Waals surface area contributed by atoms with Crippen LogP contribution in [0.5, 0.6) is 0 Å². The molecular weight excluding hydrogens is 392 g/mol. The number of amides is 1. The first-order chi connectivity index (χ1) is 13.0. The van der Waals surface area contributed by atoms with Gasteiger partial charge in [0.05, 0.1) is 12.7 Å². The summed E-state index contributed by atoms with van der Waals surface area (Å²) in [5, 5.41) is 2.04. The lowest BCUT2D eigenvalue weighted by molar-refractivity contribution is -0.143. The molecule has 1 atom stereocenters. The highest BCUT2D eigenvalue weighted by molar-refractivity contribution is 5.97. The quantitative estimate of drug-likeness (QED) is 0.611. The fraction of sp³-hybridized carbons (Fsp3) is 0.222. The zero-order valence-corrected chi connectivity index (χ0v) is 14.2. The first kappa shape index (κ1) is 21.3. The maximum absolute atomic E-state index is 13.7. The van der Waals surface area contributed by atoms with E-state index in [1.807, 2.05) is 5.32 Å². The molecule has 0 saturated heterocycles. The largest absolute Gasteiger partial charge is 0.467 e. The first-order valence-electron chi connectivity index (χ1n) is 7.72. The van der Waals surface area contributed by atoms with Gasteiger partial charge in [0.15, 0.2) is 0 Å². The van der Waals surface area contributed by atoms with Gasteiger partial charge in [0, 0.05) is 18.6 Å². The summed E-state index contributed by atoms with van der Waals surface area (Å²) < 4.78 is 82.7. The van der Waals surface area contributed by atoms with Crippen LogP contribution in [-0.4, -0.2) is 25.0 Å². The second kappa shape index (κ2) is 8.32. The third-order valence-corrected chi connectivity index (χ3v) is 3.75. The van der Waals surface area contributed by atoms with Crippen LogP contribution in [0.4, 0.5) is 26.3 Å². The van der Waals surface area contributed by atoms with Crippen molar-refractivity contribution in [3.8, 4) is 0 Å². The number of rotatable bonds is 5. The summed E-state index contributed by atoms with van der Waals surface area (Å²) in [6.07, 6.45) is -4.85. The molecular formula is C18H13F6NO3. The molecule has 0 fully saturated rings. The van der Waals surface area contributed by atoms with Crippen molar-refractivity contribution in [3.05, 3.63) is 70.5 Å². The van der Waals surface area contributed by atoms with Crippen LogP contribution in [0.1, 0.15) is 21.5 Å². The molecule has 0 aliphatic carbocycles. The van der Waals surface area contributed by atoms with Crippen molar-refractivity contribution in [2.75, 3.05) is 7.11 Å².